The van der Waals surface area contributed by atoms with Gasteiger partial charge in [0.25, 0.3) is 0 Å². The van der Waals surface area contributed by atoms with Crippen molar-refractivity contribution < 1.29 is 54.0 Å². The third-order valence-corrected chi connectivity index (χ3v) is 12.8. The van der Waals surface area contributed by atoms with Gasteiger partial charge >= 0.3 is 0 Å². The van der Waals surface area contributed by atoms with E-state index < -0.39 is 31.7 Å². The molecule has 0 aromatic heterocycles. The Kier molecular flexibility index (Phi) is 21.5. The van der Waals surface area contributed by atoms with Crippen molar-refractivity contribution in [3.8, 4) is 34.5 Å². The molecular formula is C45H60ClF2N3O10S2. The lowest BCUT2D eigenvalue weighted by molar-refractivity contribution is 0.0381. The second-order valence-electron chi connectivity index (χ2n) is 14.5. The zero-order valence-corrected chi connectivity index (χ0v) is 38.8. The molecule has 0 unspecified atom stereocenters. The van der Waals surface area contributed by atoms with E-state index in [0.29, 0.717) is 55.6 Å². The normalized spacial score (nSPS) is 14.3. The predicted octanol–water partition coefficient (Wildman–Crippen LogP) is 9.40. The van der Waals surface area contributed by atoms with E-state index in [2.05, 4.69) is 14.3 Å². The number of hydrogen-bond acceptors (Lipinski definition) is 11. The number of sulfonamides is 2. The van der Waals surface area contributed by atoms with Crippen LogP contribution in [0.25, 0.3) is 0 Å². The highest BCUT2D eigenvalue weighted by molar-refractivity contribution is 7.92. The van der Waals surface area contributed by atoms with Crippen LogP contribution in [0.5, 0.6) is 34.5 Å². The Labute approximate surface area is 376 Å². The van der Waals surface area contributed by atoms with E-state index >= 15 is 0 Å². The Morgan fingerprint density at radius 2 is 1.05 bits per heavy atom. The highest BCUT2D eigenvalue weighted by Crippen LogP contribution is 2.36. The average Bonchev–Trinajstić information content (AvgIpc) is 3.28. The van der Waals surface area contributed by atoms with Crippen molar-refractivity contribution in [2.24, 2.45) is 0 Å². The van der Waals surface area contributed by atoms with Gasteiger partial charge in [-0.3, -0.25) is 14.3 Å². The molecule has 2 aliphatic heterocycles. The number of nitrogens with zero attached hydrogens (tertiary/aromatic N) is 1. The lowest BCUT2D eigenvalue weighted by Gasteiger charge is -2.26. The van der Waals surface area contributed by atoms with Gasteiger partial charge in [-0.2, -0.15) is 0 Å². The van der Waals surface area contributed by atoms with Crippen molar-refractivity contribution in [2.75, 3.05) is 87.1 Å². The predicted molar refractivity (Wildman–Crippen MR) is 244 cm³/mol. The van der Waals surface area contributed by atoms with Crippen LogP contribution in [-0.4, -0.2) is 99.4 Å². The Bertz CT molecular complexity index is 2230. The maximum atomic E-state index is 14.6. The first-order chi connectivity index (χ1) is 30.3. The molecule has 2 fully saturated rings. The first-order valence-electron chi connectivity index (χ1n) is 21.0. The smallest absolute Gasteiger partial charge is 0.232 e. The SMILES string of the molecule is C1CCOCC1.CCc1ccc(Oc2ccc(NS(=O)(=O)CCCCl)cc2F)c(OC)c1.CCc1ccc(Oc2ccc(NS(=O)(=O)CCCN3CCOCC3)cc2F)c(OC)c1. The molecule has 0 saturated carbocycles. The van der Waals surface area contributed by atoms with Crippen LogP contribution < -0.4 is 28.4 Å². The standard InChI is InChI=1S/C22H29FN2O5S.C18H21ClFNO4S.C5H10O/c1-3-17-5-7-21(22(15-17)28-2)30-20-8-6-18(16-19(20)23)24-31(26,27)14-4-9-25-10-12-29-13-11-25;1-3-13-5-7-17(18(11-13)24-2)25-16-8-6-14(12-15(16)20)21-26(22,23)10-4-9-19;1-2-4-6-5-3-1/h5-8,15-16,24H,3-4,9-14H2,1-2H3;5-8,11-12,21H,3-4,9-10H2,1-2H3;1-5H2. The van der Waals surface area contributed by atoms with Crippen LogP contribution in [0, 0.1) is 11.6 Å². The molecule has 2 N–H and O–H groups in total. The number of halogens is 3. The fraction of sp³-hybridized carbons (Fsp3) is 0.467. The minimum absolute atomic E-state index is 0.0159. The summed E-state index contributed by atoms with van der Waals surface area (Å²) in [4.78, 5) is 2.17. The number of aryl methyl sites for hydroxylation is 2. The molecular weight excluding hydrogens is 880 g/mol. The molecule has 0 aliphatic carbocycles. The number of nitrogens with one attached hydrogen (secondary N) is 2. The minimum atomic E-state index is -3.58. The topological polar surface area (TPSA) is 151 Å². The molecule has 0 spiro atoms. The summed E-state index contributed by atoms with van der Waals surface area (Å²) in [6.45, 7) is 9.70. The van der Waals surface area contributed by atoms with Gasteiger partial charge in [0.2, 0.25) is 20.0 Å². The van der Waals surface area contributed by atoms with E-state index in [-0.39, 0.29) is 40.3 Å². The van der Waals surface area contributed by atoms with Crippen molar-refractivity contribution in [1.82, 2.24) is 4.90 Å². The Balaban J connectivity index is 0.000000246. The van der Waals surface area contributed by atoms with Gasteiger partial charge in [-0.1, -0.05) is 26.0 Å². The van der Waals surface area contributed by atoms with Crippen molar-refractivity contribution in [2.45, 2.75) is 58.8 Å². The summed E-state index contributed by atoms with van der Waals surface area (Å²) < 4.78 is 114. The third-order valence-electron chi connectivity index (χ3n) is 9.74. The van der Waals surface area contributed by atoms with Crippen molar-refractivity contribution in [3.63, 3.8) is 0 Å². The molecule has 6 rings (SSSR count). The van der Waals surface area contributed by atoms with Gasteiger partial charge in [0.05, 0.1) is 50.3 Å². The number of rotatable bonds is 19. The van der Waals surface area contributed by atoms with E-state index in [1.165, 1.54) is 57.7 Å². The zero-order valence-electron chi connectivity index (χ0n) is 36.4. The molecule has 348 valence electrons. The summed E-state index contributed by atoms with van der Waals surface area (Å²) >= 11 is 5.50. The quantitative estimate of drug-likeness (QED) is 0.0866. The van der Waals surface area contributed by atoms with Crippen LogP contribution in [0.15, 0.2) is 72.8 Å². The minimum Gasteiger partial charge on any atom is -0.493 e. The maximum Gasteiger partial charge on any atom is 0.232 e. The summed E-state index contributed by atoms with van der Waals surface area (Å²) in [7, 11) is -4.11. The highest BCUT2D eigenvalue weighted by Gasteiger charge is 2.17. The number of anilines is 2. The van der Waals surface area contributed by atoms with Crippen LogP contribution in [0.2, 0.25) is 0 Å². The van der Waals surface area contributed by atoms with Crippen molar-refractivity contribution in [1.29, 1.82) is 0 Å². The van der Waals surface area contributed by atoms with Gasteiger partial charge in [-0.15, -0.1) is 11.6 Å². The number of ether oxygens (including phenoxy) is 6. The molecule has 18 heteroatoms. The molecule has 2 saturated heterocycles. The van der Waals surface area contributed by atoms with Crippen LogP contribution >= 0.6 is 11.6 Å². The number of benzene rings is 4. The summed E-state index contributed by atoms with van der Waals surface area (Å²) in [5, 5.41) is 0. The lowest BCUT2D eigenvalue weighted by Crippen LogP contribution is -2.37. The van der Waals surface area contributed by atoms with Gasteiger partial charge in [-0.05, 0) is 111 Å². The summed E-state index contributed by atoms with van der Waals surface area (Å²) in [6.07, 6.45) is 6.41. The zero-order chi connectivity index (χ0) is 45.7. The van der Waals surface area contributed by atoms with E-state index in [4.69, 9.17) is 40.0 Å². The summed E-state index contributed by atoms with van der Waals surface area (Å²) in [5.41, 5.74) is 2.42. The number of hydrogen-bond donors (Lipinski definition) is 2. The molecule has 2 heterocycles. The van der Waals surface area contributed by atoms with Gasteiger partial charge in [0.1, 0.15) is 0 Å². The maximum absolute atomic E-state index is 14.6. The van der Waals surface area contributed by atoms with Crippen LogP contribution in [0.3, 0.4) is 0 Å². The molecule has 2 aliphatic rings. The van der Waals surface area contributed by atoms with E-state index in [0.717, 1.165) is 62.4 Å². The molecule has 0 atom stereocenters. The van der Waals surface area contributed by atoms with E-state index in [1.807, 2.05) is 38.1 Å². The van der Waals surface area contributed by atoms with E-state index in [1.54, 1.807) is 12.1 Å². The third kappa shape index (κ3) is 18.0. The Morgan fingerprint density at radius 1 is 0.603 bits per heavy atom. The van der Waals surface area contributed by atoms with Crippen LogP contribution in [0.1, 0.15) is 57.1 Å². The number of morpholine rings is 1. The second kappa shape index (κ2) is 26.4. The Morgan fingerprint density at radius 3 is 1.43 bits per heavy atom. The van der Waals surface area contributed by atoms with Gasteiger partial charge < -0.3 is 28.4 Å². The molecule has 63 heavy (non-hydrogen) atoms. The first kappa shape index (κ1) is 51.2. The molecule has 4 aromatic rings. The highest BCUT2D eigenvalue weighted by atomic mass is 35.5. The van der Waals surface area contributed by atoms with Crippen LogP contribution in [0.4, 0.5) is 20.2 Å². The summed E-state index contributed by atoms with van der Waals surface area (Å²) in [5.74, 6) is 0.421. The summed E-state index contributed by atoms with van der Waals surface area (Å²) in [6, 6.07) is 18.7. The van der Waals surface area contributed by atoms with Gasteiger partial charge in [0.15, 0.2) is 46.1 Å². The lowest BCUT2D eigenvalue weighted by atomic mass is 10.1. The van der Waals surface area contributed by atoms with Crippen molar-refractivity contribution >= 4 is 43.0 Å². The van der Waals surface area contributed by atoms with Crippen LogP contribution in [-0.2, 0) is 42.4 Å². The van der Waals surface area contributed by atoms with Gasteiger partial charge in [-0.25, -0.2) is 25.6 Å². The van der Waals surface area contributed by atoms with E-state index in [9.17, 15) is 25.6 Å². The van der Waals surface area contributed by atoms with Crippen molar-refractivity contribution in [3.05, 3.63) is 95.6 Å². The van der Waals surface area contributed by atoms with Gasteiger partial charge in [0, 0.05) is 44.3 Å². The fourth-order valence-corrected chi connectivity index (χ4v) is 8.76. The largest absolute Gasteiger partial charge is 0.493 e. The Hall–Kier alpha value is -4.39. The number of alkyl halides is 1. The molecule has 4 aromatic carbocycles. The fourth-order valence-electron chi connectivity index (χ4n) is 6.26. The average molecular weight is 941 g/mol. The molecule has 0 radical (unpaired) electrons. The molecule has 13 nitrogen and oxygen atoms in total. The monoisotopic (exact) mass is 939 g/mol. The second-order valence-corrected chi connectivity index (χ2v) is 18.6. The number of methoxy groups -OCH3 is 2. The molecule has 0 bridgehead atoms. The molecule has 0 amide bonds. The first-order valence-corrected chi connectivity index (χ1v) is 24.9.